The first kappa shape index (κ1) is 23.1. The topological polar surface area (TPSA) is 74.9 Å². The highest BCUT2D eigenvalue weighted by atomic mass is 35.5. The fraction of sp³-hybridized carbons (Fsp3) is 0.609. The molecule has 3 saturated heterocycles. The lowest BCUT2D eigenvalue weighted by atomic mass is 9.91. The second-order valence-electron chi connectivity index (χ2n) is 9.12. The van der Waals surface area contributed by atoms with Crippen LogP contribution >= 0.6 is 23.2 Å². The number of carbonyl (C=O) groups is 1. The molecule has 3 atom stereocenters. The van der Waals surface area contributed by atoms with Crippen molar-refractivity contribution in [1.82, 2.24) is 24.8 Å². The number of piperazine rings is 1. The fourth-order valence-corrected chi connectivity index (χ4v) is 5.76. The molecule has 1 aromatic carbocycles. The van der Waals surface area contributed by atoms with E-state index in [9.17, 15) is 4.79 Å². The van der Waals surface area contributed by atoms with Crippen LogP contribution in [0, 0.1) is 6.92 Å². The minimum Gasteiger partial charge on any atom is -0.378 e. The Bertz CT molecular complexity index is 996. The molecule has 5 rings (SSSR count). The zero-order valence-corrected chi connectivity index (χ0v) is 20.3. The molecule has 4 heterocycles. The summed E-state index contributed by atoms with van der Waals surface area (Å²) in [6, 6.07) is 5.71. The number of fused-ring (bicyclic) bond motifs is 1. The molecule has 0 saturated carbocycles. The molecule has 0 radical (unpaired) electrons. The van der Waals surface area contributed by atoms with Gasteiger partial charge in [-0.15, -0.1) is 0 Å². The molecule has 178 valence electrons. The van der Waals surface area contributed by atoms with Gasteiger partial charge in [0.25, 0.3) is 0 Å². The zero-order chi connectivity index (χ0) is 22.9. The van der Waals surface area contributed by atoms with Crippen molar-refractivity contribution < 1.29 is 14.1 Å². The van der Waals surface area contributed by atoms with Gasteiger partial charge >= 0.3 is 0 Å². The van der Waals surface area contributed by atoms with Gasteiger partial charge in [-0.3, -0.25) is 14.6 Å². The van der Waals surface area contributed by atoms with Crippen molar-refractivity contribution in [2.24, 2.45) is 0 Å². The number of halogens is 2. The molecule has 2 unspecified atom stereocenters. The van der Waals surface area contributed by atoms with Gasteiger partial charge < -0.3 is 14.2 Å². The lowest BCUT2D eigenvalue weighted by Crippen LogP contribution is -2.71. The van der Waals surface area contributed by atoms with Crippen LogP contribution in [0.4, 0.5) is 0 Å². The van der Waals surface area contributed by atoms with Gasteiger partial charge in [-0.25, -0.2) is 0 Å². The predicted octanol–water partition coefficient (Wildman–Crippen LogP) is 2.80. The van der Waals surface area contributed by atoms with Gasteiger partial charge in [0.1, 0.15) is 0 Å². The first-order valence-electron chi connectivity index (χ1n) is 11.6. The maximum atomic E-state index is 13.6. The van der Waals surface area contributed by atoms with Crippen molar-refractivity contribution in [1.29, 1.82) is 0 Å². The van der Waals surface area contributed by atoms with Crippen LogP contribution in [0.2, 0.25) is 10.0 Å². The third-order valence-electron chi connectivity index (χ3n) is 7.00. The molecular formula is C23H29Cl2N5O3. The van der Waals surface area contributed by atoms with Crippen LogP contribution in [0.25, 0.3) is 0 Å². The average Bonchev–Trinajstić information content (AvgIpc) is 3.48. The van der Waals surface area contributed by atoms with Gasteiger partial charge in [0.05, 0.1) is 54.4 Å². The summed E-state index contributed by atoms with van der Waals surface area (Å²) in [7, 11) is 0. The van der Waals surface area contributed by atoms with Crippen molar-refractivity contribution in [3.63, 3.8) is 0 Å². The average molecular weight is 494 g/mol. The van der Waals surface area contributed by atoms with Crippen LogP contribution in [0.3, 0.4) is 0 Å². The molecule has 1 aromatic heterocycles. The number of amides is 1. The van der Waals surface area contributed by atoms with E-state index >= 15 is 0 Å². The fourth-order valence-electron chi connectivity index (χ4n) is 5.44. The van der Waals surface area contributed by atoms with E-state index in [0.717, 1.165) is 25.2 Å². The van der Waals surface area contributed by atoms with Gasteiger partial charge in [0, 0.05) is 13.1 Å². The lowest BCUT2D eigenvalue weighted by molar-refractivity contribution is -0.153. The molecule has 3 fully saturated rings. The van der Waals surface area contributed by atoms with Crippen molar-refractivity contribution in [2.45, 2.75) is 50.9 Å². The number of hydrogen-bond donors (Lipinski definition) is 0. The number of carbonyl (C=O) groups excluding carboxylic acids is 1. The SMILES string of the molecule is Cc1noc(CN2CCN(C(=O)Cc3ccc(Cl)c(Cl)c3)[C@@H]3C(N4CCCC4)COCC32)n1. The summed E-state index contributed by atoms with van der Waals surface area (Å²) in [5, 5.41) is 4.90. The van der Waals surface area contributed by atoms with E-state index in [0.29, 0.717) is 54.5 Å². The molecule has 0 bridgehead atoms. The smallest absolute Gasteiger partial charge is 0.240 e. The molecule has 0 spiro atoms. The van der Waals surface area contributed by atoms with E-state index < -0.39 is 0 Å². The minimum atomic E-state index is 0.0462. The number of hydrogen-bond acceptors (Lipinski definition) is 7. The maximum Gasteiger partial charge on any atom is 0.240 e. The van der Waals surface area contributed by atoms with Gasteiger partial charge in [-0.1, -0.05) is 34.4 Å². The summed E-state index contributed by atoms with van der Waals surface area (Å²) in [5.41, 5.74) is 0.875. The van der Waals surface area contributed by atoms with Crippen LogP contribution in [0.1, 0.15) is 30.1 Å². The highest BCUT2D eigenvalue weighted by Crippen LogP contribution is 2.31. The summed E-state index contributed by atoms with van der Waals surface area (Å²) in [6.45, 7) is 7.09. The van der Waals surface area contributed by atoms with Crippen molar-refractivity contribution in [2.75, 3.05) is 39.4 Å². The van der Waals surface area contributed by atoms with E-state index in [2.05, 4.69) is 24.8 Å². The predicted molar refractivity (Wildman–Crippen MR) is 124 cm³/mol. The van der Waals surface area contributed by atoms with Gasteiger partial charge in [0.2, 0.25) is 11.8 Å². The van der Waals surface area contributed by atoms with Crippen molar-refractivity contribution >= 4 is 29.1 Å². The summed E-state index contributed by atoms with van der Waals surface area (Å²) in [5.74, 6) is 1.35. The normalized spacial score (nSPS) is 26.5. The largest absolute Gasteiger partial charge is 0.378 e. The highest BCUT2D eigenvalue weighted by Gasteiger charge is 2.48. The molecule has 2 aromatic rings. The van der Waals surface area contributed by atoms with Gasteiger partial charge in [0.15, 0.2) is 5.82 Å². The number of likely N-dealkylation sites (tertiary alicyclic amines) is 1. The quantitative estimate of drug-likeness (QED) is 0.633. The molecule has 3 aliphatic rings. The number of rotatable bonds is 5. The van der Waals surface area contributed by atoms with Crippen LogP contribution < -0.4 is 0 Å². The monoisotopic (exact) mass is 493 g/mol. The second-order valence-corrected chi connectivity index (χ2v) is 9.94. The Balaban J connectivity index is 1.39. The molecule has 10 heteroatoms. The van der Waals surface area contributed by atoms with Crippen molar-refractivity contribution in [3.05, 3.63) is 45.5 Å². The van der Waals surface area contributed by atoms with E-state index in [-0.39, 0.29) is 24.0 Å². The first-order chi connectivity index (χ1) is 16.0. The minimum absolute atomic E-state index is 0.0462. The van der Waals surface area contributed by atoms with Crippen LogP contribution in [0.5, 0.6) is 0 Å². The second kappa shape index (κ2) is 9.88. The summed E-state index contributed by atoms with van der Waals surface area (Å²) in [4.78, 5) is 24.9. The zero-order valence-electron chi connectivity index (χ0n) is 18.8. The number of nitrogens with zero attached hydrogens (tertiary/aromatic N) is 5. The number of aromatic nitrogens is 2. The Morgan fingerprint density at radius 1 is 1.09 bits per heavy atom. The van der Waals surface area contributed by atoms with E-state index in [1.165, 1.54) is 12.8 Å². The van der Waals surface area contributed by atoms with Crippen LogP contribution in [-0.2, 0) is 22.5 Å². The number of aryl methyl sites for hydroxylation is 1. The molecular weight excluding hydrogens is 465 g/mol. The van der Waals surface area contributed by atoms with Gasteiger partial charge in [-0.2, -0.15) is 4.98 Å². The highest BCUT2D eigenvalue weighted by molar-refractivity contribution is 6.42. The Morgan fingerprint density at radius 3 is 2.61 bits per heavy atom. The Labute approximate surface area is 203 Å². The number of ether oxygens (including phenoxy) is 1. The molecule has 0 aliphatic carbocycles. The third-order valence-corrected chi connectivity index (χ3v) is 7.74. The lowest BCUT2D eigenvalue weighted by Gasteiger charge is -2.54. The molecule has 8 nitrogen and oxygen atoms in total. The summed E-state index contributed by atoms with van der Waals surface area (Å²) >= 11 is 12.3. The van der Waals surface area contributed by atoms with E-state index in [1.807, 2.05) is 13.0 Å². The Kier molecular flexibility index (Phi) is 6.90. The maximum absolute atomic E-state index is 13.6. The van der Waals surface area contributed by atoms with Crippen molar-refractivity contribution in [3.8, 4) is 0 Å². The summed E-state index contributed by atoms with van der Waals surface area (Å²) < 4.78 is 11.5. The molecule has 33 heavy (non-hydrogen) atoms. The summed E-state index contributed by atoms with van der Waals surface area (Å²) in [6.07, 6.45) is 2.68. The third kappa shape index (κ3) is 4.91. The van der Waals surface area contributed by atoms with E-state index in [4.69, 9.17) is 32.5 Å². The standard InChI is InChI=1S/C23H29Cl2N5O3/c1-15-26-21(33-27-15)12-29-8-9-30(22(31)11-16-4-5-17(24)18(25)10-16)23-19(13-32-14-20(23)29)28-6-2-3-7-28/h4-5,10,19-20,23H,2-3,6-9,11-14H2,1H3/t19?,20?,23-/m1/s1. The van der Waals surface area contributed by atoms with Crippen LogP contribution in [0.15, 0.2) is 22.7 Å². The molecule has 0 N–H and O–H groups in total. The first-order valence-corrected chi connectivity index (χ1v) is 12.3. The molecule has 1 amide bonds. The Hall–Kier alpha value is -1.71. The Morgan fingerprint density at radius 2 is 1.88 bits per heavy atom. The van der Waals surface area contributed by atoms with Gasteiger partial charge in [-0.05, 0) is 50.6 Å². The molecule has 3 aliphatic heterocycles. The number of benzene rings is 1. The van der Waals surface area contributed by atoms with Crippen LogP contribution in [-0.4, -0.2) is 88.3 Å². The van der Waals surface area contributed by atoms with E-state index in [1.54, 1.807) is 12.1 Å².